The third-order valence-electron chi connectivity index (χ3n) is 2.63. The first-order chi connectivity index (χ1) is 8.40. The smallest absolute Gasteiger partial charge is 0.291 e. The minimum atomic E-state index is -7.62. The van der Waals surface area contributed by atoms with Crippen LogP contribution in [-0.2, 0) is 9.13 Å². The second-order valence-corrected chi connectivity index (χ2v) is 9.62. The molecule has 0 spiro atoms. The van der Waals surface area contributed by atoms with E-state index in [1.54, 1.807) is 0 Å². The lowest BCUT2D eigenvalue weighted by atomic mass is 10.5. The van der Waals surface area contributed by atoms with Crippen LogP contribution in [0.1, 0.15) is 0 Å². The molecule has 16 heteroatoms. The zero-order chi connectivity index (χ0) is 16.6. The van der Waals surface area contributed by atoms with Gasteiger partial charge in [-0.1, -0.05) is 0 Å². The number of alkyl halides is 10. The van der Waals surface area contributed by atoms with E-state index in [9.17, 15) is 53.0 Å². The fourth-order valence-corrected chi connectivity index (χ4v) is 7.82. The van der Waals surface area contributed by atoms with Crippen molar-refractivity contribution in [1.82, 2.24) is 4.35 Å². The minimum absolute atomic E-state index is 0.572. The van der Waals surface area contributed by atoms with Crippen molar-refractivity contribution in [3.8, 4) is 0 Å². The molecule has 1 fully saturated rings. The number of rotatable bonds is 0. The van der Waals surface area contributed by atoms with E-state index >= 15 is 0 Å². The fourth-order valence-electron chi connectivity index (χ4n) is 1.55. The van der Waals surface area contributed by atoms with E-state index in [-0.39, 0.29) is 0 Å². The molecule has 0 aromatic carbocycles. The van der Waals surface area contributed by atoms with E-state index < -0.39 is 50.1 Å². The van der Waals surface area contributed by atoms with Crippen LogP contribution in [0.25, 0.3) is 0 Å². The second-order valence-electron chi connectivity index (χ2n) is 3.66. The Hall–Kier alpha value is -0.215. The van der Waals surface area contributed by atoms with Crippen molar-refractivity contribution in [2.75, 3.05) is 0 Å². The van der Waals surface area contributed by atoms with Crippen LogP contribution in [0.4, 0.5) is 43.9 Å². The van der Waals surface area contributed by atoms with Crippen molar-refractivity contribution in [3.05, 3.63) is 0 Å². The summed E-state index contributed by atoms with van der Waals surface area (Å²) in [5, 5.41) is 0. The number of halogens is 10. The van der Waals surface area contributed by atoms with Crippen LogP contribution in [0.15, 0.2) is 0 Å². The molecule has 20 heavy (non-hydrogen) atoms. The lowest BCUT2D eigenvalue weighted by Crippen LogP contribution is -2.39. The Kier molecular flexibility index (Phi) is 3.52. The predicted molar refractivity (Wildman–Crippen MR) is 47.6 cm³/mol. The van der Waals surface area contributed by atoms with Crippen LogP contribution in [0.2, 0.25) is 0 Å². The molecule has 0 aromatic rings. The van der Waals surface area contributed by atoms with Gasteiger partial charge >= 0.3 is 37.7 Å². The Bertz CT molecular complexity index is 478. The van der Waals surface area contributed by atoms with E-state index in [1.807, 2.05) is 0 Å². The van der Waals surface area contributed by atoms with Crippen LogP contribution in [0.3, 0.4) is 0 Å². The molecule has 1 aliphatic rings. The van der Waals surface area contributed by atoms with Gasteiger partial charge < -0.3 is 0 Å². The van der Waals surface area contributed by atoms with Gasteiger partial charge in [-0.05, 0) is 0 Å². The molecule has 2 unspecified atom stereocenters. The molecule has 1 rings (SSSR count). The second kappa shape index (κ2) is 3.95. The number of nitrogens with zero attached hydrogens (tertiary/aromatic N) is 1. The van der Waals surface area contributed by atoms with Gasteiger partial charge in [0.25, 0.3) is 0 Å². The summed E-state index contributed by atoms with van der Waals surface area (Å²) < 4.78 is 147. The third kappa shape index (κ3) is 1.55. The van der Waals surface area contributed by atoms with Crippen molar-refractivity contribution in [3.63, 3.8) is 0 Å². The average Bonchev–Trinajstić information content (AvgIpc) is 2.28. The summed E-state index contributed by atoms with van der Waals surface area (Å²) in [5.41, 5.74) is -13.3. The zero-order valence-corrected chi connectivity index (χ0v) is 10.7. The molecule has 0 radical (unpaired) electrons. The molecule has 118 valence electrons. The number of hydrogen-bond donors (Lipinski definition) is 0. The predicted octanol–water partition coefficient (Wildman–Crippen LogP) is 3.63. The maximum absolute atomic E-state index is 13.1. The van der Waals surface area contributed by atoms with Gasteiger partial charge in [0, 0.05) is 0 Å². The quantitative estimate of drug-likeness (QED) is 0.377. The third-order valence-corrected chi connectivity index (χ3v) is 9.40. The maximum atomic E-state index is 13.1. The lowest BCUT2D eigenvalue weighted by Gasteiger charge is -2.27. The van der Waals surface area contributed by atoms with E-state index in [4.69, 9.17) is 0 Å². The van der Waals surface area contributed by atoms with Gasteiger partial charge in [-0.2, -0.15) is 43.9 Å². The van der Waals surface area contributed by atoms with Crippen molar-refractivity contribution < 1.29 is 53.0 Å². The summed E-state index contributed by atoms with van der Waals surface area (Å²) in [6.07, 6.45) is 0. The first-order valence-electron chi connectivity index (χ1n) is 4.25. The Morgan fingerprint density at radius 2 is 0.950 bits per heavy atom. The summed E-state index contributed by atoms with van der Waals surface area (Å²) in [4.78, 5) is 0. The van der Waals surface area contributed by atoms with Gasteiger partial charge in [-0.25, -0.2) is 4.35 Å². The first kappa shape index (κ1) is 17.8. The van der Waals surface area contributed by atoms with Crippen LogP contribution in [-0.4, -0.2) is 35.5 Å². The molecule has 1 heterocycles. The Balaban J connectivity index is 3.86. The first-order valence-corrected chi connectivity index (χ1v) is 7.57. The SMILES string of the molecule is BN1P(=O)(C(F)(F)F)C(F)(F)C(F)(F)P1(=O)C(F)(F)F. The van der Waals surface area contributed by atoms with Gasteiger partial charge in [0.1, 0.15) is 0 Å². The number of hydrogen-bond acceptors (Lipinski definition) is 2. The summed E-state index contributed by atoms with van der Waals surface area (Å²) in [7, 11) is -15.8. The Morgan fingerprint density at radius 3 is 1.05 bits per heavy atom. The Labute approximate surface area is 104 Å². The highest BCUT2D eigenvalue weighted by molar-refractivity contribution is 7.83. The van der Waals surface area contributed by atoms with Crippen LogP contribution >= 0.6 is 14.6 Å². The molecule has 0 aromatic heterocycles. The van der Waals surface area contributed by atoms with Gasteiger partial charge in [0.2, 0.25) is 7.98 Å². The zero-order valence-electron chi connectivity index (χ0n) is 8.94. The van der Waals surface area contributed by atoms with Crippen molar-refractivity contribution >= 4 is 22.6 Å². The molecule has 0 amide bonds. The van der Waals surface area contributed by atoms with Crippen molar-refractivity contribution in [2.24, 2.45) is 0 Å². The highest BCUT2D eigenvalue weighted by Gasteiger charge is 2.95. The van der Waals surface area contributed by atoms with E-state index in [2.05, 4.69) is 0 Å². The molecule has 2 atom stereocenters. The van der Waals surface area contributed by atoms with E-state index in [0.29, 0.717) is 0 Å². The average molecular weight is 359 g/mol. The molecular formula is C4H2BF10NO2P2. The molecular weight excluding hydrogens is 357 g/mol. The fraction of sp³-hybridized carbons (Fsp3) is 1.00. The van der Waals surface area contributed by atoms with Gasteiger partial charge in [-0.15, -0.1) is 0 Å². The van der Waals surface area contributed by atoms with Crippen LogP contribution in [0, 0.1) is 0 Å². The van der Waals surface area contributed by atoms with Crippen LogP contribution in [0.5, 0.6) is 0 Å². The molecule has 1 aliphatic heterocycles. The Morgan fingerprint density at radius 1 is 0.750 bits per heavy atom. The highest BCUT2D eigenvalue weighted by Crippen LogP contribution is 2.96. The molecule has 1 saturated heterocycles. The van der Waals surface area contributed by atoms with E-state index in [0.717, 1.165) is 0 Å². The normalized spacial score (nSPS) is 38.1. The van der Waals surface area contributed by atoms with E-state index in [1.165, 1.54) is 0 Å². The molecule has 0 saturated carbocycles. The van der Waals surface area contributed by atoms with Gasteiger partial charge in [0.15, 0.2) is 0 Å². The van der Waals surface area contributed by atoms with Crippen molar-refractivity contribution in [2.45, 2.75) is 23.2 Å². The molecule has 0 aliphatic carbocycles. The topological polar surface area (TPSA) is 37.4 Å². The molecule has 0 N–H and O–H groups in total. The molecule has 3 nitrogen and oxygen atoms in total. The van der Waals surface area contributed by atoms with Gasteiger partial charge in [0.05, 0.1) is 0 Å². The summed E-state index contributed by atoms with van der Waals surface area (Å²) in [5.74, 6) is -13.2. The van der Waals surface area contributed by atoms with Gasteiger partial charge in [-0.3, -0.25) is 9.13 Å². The summed E-state index contributed by atoms with van der Waals surface area (Å²) in [6, 6.07) is 0. The maximum Gasteiger partial charge on any atom is 0.459 e. The van der Waals surface area contributed by atoms with Crippen LogP contribution < -0.4 is 0 Å². The lowest BCUT2D eigenvalue weighted by molar-refractivity contribution is -0.128. The molecule has 0 bridgehead atoms. The monoisotopic (exact) mass is 359 g/mol. The summed E-state index contributed by atoms with van der Waals surface area (Å²) in [6.45, 7) is 0. The summed E-state index contributed by atoms with van der Waals surface area (Å²) >= 11 is 0. The largest absolute Gasteiger partial charge is 0.459 e. The highest BCUT2D eigenvalue weighted by atomic mass is 31.2. The van der Waals surface area contributed by atoms with Crippen molar-refractivity contribution in [1.29, 1.82) is 0 Å². The standard InChI is InChI=1S/C4H2BF10NO2P2/c5-16-19(17,3(10,11)12)1(6,7)2(8,9)20(16,18)4(13,14)15/h5H2. The minimum Gasteiger partial charge on any atom is -0.291 e.